The predicted molar refractivity (Wildman–Crippen MR) is 83.8 cm³/mol. The van der Waals surface area contributed by atoms with Crippen LogP contribution in [0.25, 0.3) is 0 Å². The maximum absolute atomic E-state index is 11.8. The van der Waals surface area contributed by atoms with Crippen molar-refractivity contribution in [3.05, 3.63) is 35.4 Å². The highest BCUT2D eigenvalue weighted by molar-refractivity contribution is 5.78. The van der Waals surface area contributed by atoms with E-state index in [0.29, 0.717) is 5.41 Å². The number of aryl methyl sites for hydroxylation is 1. The van der Waals surface area contributed by atoms with Crippen molar-refractivity contribution in [3.8, 4) is 0 Å². The molecule has 2 nitrogen and oxygen atoms in total. The van der Waals surface area contributed by atoms with Crippen molar-refractivity contribution in [2.45, 2.75) is 58.3 Å². The van der Waals surface area contributed by atoms with E-state index in [4.69, 9.17) is 0 Å². The second-order valence-electron chi connectivity index (χ2n) is 6.35. The van der Waals surface area contributed by atoms with Crippen LogP contribution in [0.3, 0.4) is 0 Å². The van der Waals surface area contributed by atoms with Gasteiger partial charge in [0.1, 0.15) is 0 Å². The van der Waals surface area contributed by atoms with Crippen LogP contribution in [0.15, 0.2) is 24.3 Å². The molecule has 0 saturated heterocycles. The van der Waals surface area contributed by atoms with Gasteiger partial charge in [-0.15, -0.1) is 0 Å². The summed E-state index contributed by atoms with van der Waals surface area (Å²) in [7, 11) is 0. The lowest BCUT2D eigenvalue weighted by Gasteiger charge is -2.43. The van der Waals surface area contributed by atoms with E-state index in [1.807, 2.05) is 6.92 Å². The van der Waals surface area contributed by atoms with E-state index in [0.717, 1.165) is 19.4 Å². The molecule has 1 fully saturated rings. The Balaban J connectivity index is 1.92. The Labute approximate surface area is 123 Å². The highest BCUT2D eigenvalue weighted by atomic mass is 16.1. The van der Waals surface area contributed by atoms with E-state index in [1.165, 1.54) is 30.4 Å². The largest absolute Gasteiger partial charge is 0.356 e. The lowest BCUT2D eigenvalue weighted by Crippen LogP contribution is -2.39. The lowest BCUT2D eigenvalue weighted by molar-refractivity contribution is -0.124. The minimum atomic E-state index is 0.131. The zero-order valence-corrected chi connectivity index (χ0v) is 13.0. The Hall–Kier alpha value is -1.31. The third-order valence-corrected chi connectivity index (χ3v) is 4.94. The topological polar surface area (TPSA) is 29.1 Å². The first kappa shape index (κ1) is 15.1. The van der Waals surface area contributed by atoms with Crippen molar-refractivity contribution < 1.29 is 4.79 Å². The predicted octanol–water partition coefficient (Wildman–Crippen LogP) is 3.97. The summed E-state index contributed by atoms with van der Waals surface area (Å²) < 4.78 is 0. The SMILES string of the molecule is CCC(C)C(=O)NCCC1(c2ccc(C)cc2)CCC1. The molecule has 0 spiro atoms. The first-order valence-corrected chi connectivity index (χ1v) is 7.92. The fourth-order valence-electron chi connectivity index (χ4n) is 2.98. The number of benzene rings is 1. The highest BCUT2D eigenvalue weighted by Gasteiger charge is 2.38. The molecule has 0 aromatic heterocycles. The van der Waals surface area contributed by atoms with Gasteiger partial charge in [0.15, 0.2) is 0 Å². The van der Waals surface area contributed by atoms with Crippen LogP contribution in [0.5, 0.6) is 0 Å². The van der Waals surface area contributed by atoms with E-state index < -0.39 is 0 Å². The van der Waals surface area contributed by atoms with E-state index >= 15 is 0 Å². The Kier molecular flexibility index (Phi) is 4.85. The molecule has 0 heterocycles. The number of rotatable bonds is 6. The molecule has 20 heavy (non-hydrogen) atoms. The summed E-state index contributed by atoms with van der Waals surface area (Å²) in [5.74, 6) is 0.331. The summed E-state index contributed by atoms with van der Waals surface area (Å²) in [4.78, 5) is 11.8. The summed E-state index contributed by atoms with van der Waals surface area (Å²) in [6.45, 7) is 6.99. The average molecular weight is 273 g/mol. The van der Waals surface area contributed by atoms with Crippen molar-refractivity contribution in [3.63, 3.8) is 0 Å². The molecule has 1 amide bonds. The molecule has 1 N–H and O–H groups in total. The first-order chi connectivity index (χ1) is 9.57. The van der Waals surface area contributed by atoms with E-state index in [2.05, 4.69) is 43.4 Å². The molecule has 0 bridgehead atoms. The monoisotopic (exact) mass is 273 g/mol. The summed E-state index contributed by atoms with van der Waals surface area (Å²) in [5.41, 5.74) is 3.08. The summed E-state index contributed by atoms with van der Waals surface area (Å²) in [5, 5.41) is 3.10. The smallest absolute Gasteiger partial charge is 0.222 e. The molecule has 1 saturated carbocycles. The summed E-state index contributed by atoms with van der Waals surface area (Å²) in [6.07, 6.45) is 5.81. The maximum atomic E-state index is 11.8. The van der Waals surface area contributed by atoms with Crippen molar-refractivity contribution in [2.75, 3.05) is 6.54 Å². The zero-order valence-electron chi connectivity index (χ0n) is 13.0. The van der Waals surface area contributed by atoms with Crippen molar-refractivity contribution in [1.29, 1.82) is 0 Å². The van der Waals surface area contributed by atoms with E-state index in [9.17, 15) is 4.79 Å². The van der Waals surface area contributed by atoms with Crippen LogP contribution in [0, 0.1) is 12.8 Å². The van der Waals surface area contributed by atoms with Gasteiger partial charge in [-0.25, -0.2) is 0 Å². The van der Waals surface area contributed by atoms with Crippen molar-refractivity contribution in [1.82, 2.24) is 5.32 Å². The second kappa shape index (κ2) is 6.43. The molecule has 0 aliphatic heterocycles. The Morgan fingerprint density at radius 1 is 1.30 bits per heavy atom. The van der Waals surface area contributed by atoms with Crippen LogP contribution in [-0.4, -0.2) is 12.5 Å². The van der Waals surface area contributed by atoms with E-state index in [1.54, 1.807) is 0 Å². The van der Waals surface area contributed by atoms with Gasteiger partial charge in [-0.2, -0.15) is 0 Å². The minimum absolute atomic E-state index is 0.131. The van der Waals surface area contributed by atoms with Gasteiger partial charge < -0.3 is 5.32 Å². The van der Waals surface area contributed by atoms with Gasteiger partial charge in [-0.1, -0.05) is 50.1 Å². The molecule has 2 rings (SSSR count). The third kappa shape index (κ3) is 3.23. The zero-order chi connectivity index (χ0) is 14.6. The number of carbonyl (C=O) groups is 1. The molecule has 1 unspecified atom stereocenters. The molecule has 1 aliphatic carbocycles. The molecular weight excluding hydrogens is 246 g/mol. The molecule has 1 aromatic rings. The Morgan fingerprint density at radius 3 is 2.45 bits per heavy atom. The molecule has 1 atom stereocenters. The summed E-state index contributed by atoms with van der Waals surface area (Å²) >= 11 is 0. The lowest BCUT2D eigenvalue weighted by atomic mass is 9.62. The third-order valence-electron chi connectivity index (χ3n) is 4.94. The van der Waals surface area contributed by atoms with Crippen LogP contribution in [-0.2, 0) is 10.2 Å². The normalized spacial score (nSPS) is 18.1. The Morgan fingerprint density at radius 2 is 1.95 bits per heavy atom. The highest BCUT2D eigenvalue weighted by Crippen LogP contribution is 2.46. The quantitative estimate of drug-likeness (QED) is 0.835. The molecule has 110 valence electrons. The number of carbonyl (C=O) groups excluding carboxylic acids is 1. The minimum Gasteiger partial charge on any atom is -0.356 e. The van der Waals surface area contributed by atoms with Crippen molar-refractivity contribution in [2.24, 2.45) is 5.92 Å². The standard InChI is InChI=1S/C18H27NO/c1-4-15(3)17(20)19-13-12-18(10-5-11-18)16-8-6-14(2)7-9-16/h6-9,15H,4-5,10-13H2,1-3H3,(H,19,20). The molecule has 0 radical (unpaired) electrons. The van der Waals surface area contributed by atoms with Gasteiger partial charge in [0.2, 0.25) is 5.91 Å². The molecule has 1 aliphatic rings. The maximum Gasteiger partial charge on any atom is 0.222 e. The molecule has 2 heteroatoms. The Bertz CT molecular complexity index is 445. The van der Waals surface area contributed by atoms with Crippen LogP contribution in [0.2, 0.25) is 0 Å². The van der Waals surface area contributed by atoms with Crippen LogP contribution in [0.1, 0.15) is 57.1 Å². The van der Waals surface area contributed by atoms with E-state index in [-0.39, 0.29) is 11.8 Å². The fourth-order valence-corrected chi connectivity index (χ4v) is 2.98. The summed E-state index contributed by atoms with van der Waals surface area (Å²) in [6, 6.07) is 8.94. The van der Waals surface area contributed by atoms with Gasteiger partial charge in [-0.05, 0) is 43.6 Å². The van der Waals surface area contributed by atoms with Crippen LogP contribution >= 0.6 is 0 Å². The number of hydrogen-bond acceptors (Lipinski definition) is 1. The van der Waals surface area contributed by atoms with Crippen LogP contribution in [0.4, 0.5) is 0 Å². The van der Waals surface area contributed by atoms with Gasteiger partial charge >= 0.3 is 0 Å². The molecule has 1 aromatic carbocycles. The fraction of sp³-hybridized carbons (Fsp3) is 0.611. The van der Waals surface area contributed by atoms with Gasteiger partial charge in [-0.3, -0.25) is 4.79 Å². The average Bonchev–Trinajstić information content (AvgIpc) is 2.42. The van der Waals surface area contributed by atoms with Crippen molar-refractivity contribution >= 4 is 5.91 Å². The number of amides is 1. The second-order valence-corrected chi connectivity index (χ2v) is 6.35. The van der Waals surface area contributed by atoms with Gasteiger partial charge in [0.25, 0.3) is 0 Å². The van der Waals surface area contributed by atoms with Gasteiger partial charge in [0.05, 0.1) is 0 Å². The van der Waals surface area contributed by atoms with Crippen LogP contribution < -0.4 is 5.32 Å². The number of hydrogen-bond donors (Lipinski definition) is 1. The number of nitrogens with one attached hydrogen (secondary N) is 1. The first-order valence-electron chi connectivity index (χ1n) is 7.92. The molecular formula is C18H27NO. The van der Waals surface area contributed by atoms with Gasteiger partial charge in [0, 0.05) is 12.5 Å².